The van der Waals surface area contributed by atoms with E-state index < -0.39 is 16.9 Å². The van der Waals surface area contributed by atoms with Crippen molar-refractivity contribution in [3.05, 3.63) is 50.3 Å². The van der Waals surface area contributed by atoms with E-state index in [2.05, 4.69) is 10.3 Å². The molecule has 20 heavy (non-hydrogen) atoms. The van der Waals surface area contributed by atoms with Gasteiger partial charge in [0.25, 0.3) is 5.69 Å². The highest BCUT2D eigenvalue weighted by atomic mass is 32.1. The fraction of sp³-hybridized carbons (Fsp3) is 0.167. The van der Waals surface area contributed by atoms with Gasteiger partial charge in [-0.25, -0.2) is 9.78 Å². The van der Waals surface area contributed by atoms with Crippen LogP contribution in [0.2, 0.25) is 0 Å². The molecule has 104 valence electrons. The number of anilines is 1. The first-order chi connectivity index (χ1) is 9.49. The number of carboxylic acids is 1. The van der Waals surface area contributed by atoms with Gasteiger partial charge in [0, 0.05) is 10.9 Å². The van der Waals surface area contributed by atoms with Gasteiger partial charge in [0.1, 0.15) is 12.0 Å². The van der Waals surface area contributed by atoms with Crippen LogP contribution < -0.4 is 5.32 Å². The van der Waals surface area contributed by atoms with Crippen molar-refractivity contribution in [3.63, 3.8) is 0 Å². The van der Waals surface area contributed by atoms with Gasteiger partial charge in [-0.15, -0.1) is 11.3 Å². The molecule has 0 aliphatic carbocycles. The van der Waals surface area contributed by atoms with Gasteiger partial charge in [-0.3, -0.25) is 10.1 Å². The molecule has 2 N–H and O–H groups in total. The number of thiophene rings is 1. The van der Waals surface area contributed by atoms with Crippen molar-refractivity contribution in [3.8, 4) is 0 Å². The minimum absolute atomic E-state index is 0.129. The normalized spacial score (nSPS) is 11.8. The SMILES string of the molecule is Cc1cc([N+](=O)[O-])cnc1NC(C(=O)O)c1cccs1. The fourth-order valence-corrected chi connectivity index (χ4v) is 2.42. The molecule has 0 bridgehead atoms. The smallest absolute Gasteiger partial charge is 0.331 e. The van der Waals surface area contributed by atoms with Crippen LogP contribution in [0.4, 0.5) is 11.5 Å². The second-order valence-corrected chi connectivity index (χ2v) is 5.03. The highest BCUT2D eigenvalue weighted by molar-refractivity contribution is 7.10. The van der Waals surface area contributed by atoms with E-state index in [0.29, 0.717) is 16.3 Å². The summed E-state index contributed by atoms with van der Waals surface area (Å²) >= 11 is 1.31. The molecule has 0 aromatic carbocycles. The Bertz CT molecular complexity index is 642. The lowest BCUT2D eigenvalue weighted by molar-refractivity contribution is -0.385. The summed E-state index contributed by atoms with van der Waals surface area (Å²) in [6, 6.07) is 3.88. The van der Waals surface area contributed by atoms with Crippen molar-refractivity contribution in [2.24, 2.45) is 0 Å². The molecular formula is C12H11N3O4S. The molecule has 0 saturated heterocycles. The second-order valence-electron chi connectivity index (χ2n) is 4.05. The third-order valence-corrected chi connectivity index (χ3v) is 3.57. The van der Waals surface area contributed by atoms with E-state index >= 15 is 0 Å². The topological polar surface area (TPSA) is 105 Å². The van der Waals surface area contributed by atoms with E-state index in [4.69, 9.17) is 0 Å². The van der Waals surface area contributed by atoms with Crippen LogP contribution in [0.5, 0.6) is 0 Å². The number of aliphatic carboxylic acids is 1. The number of nitrogens with one attached hydrogen (secondary N) is 1. The summed E-state index contributed by atoms with van der Waals surface area (Å²) in [7, 11) is 0. The van der Waals surface area contributed by atoms with E-state index in [-0.39, 0.29) is 5.69 Å². The highest BCUT2D eigenvalue weighted by Gasteiger charge is 2.22. The Kier molecular flexibility index (Phi) is 3.94. The fourth-order valence-electron chi connectivity index (χ4n) is 1.66. The van der Waals surface area contributed by atoms with Crippen LogP contribution in [0.1, 0.15) is 16.5 Å². The minimum Gasteiger partial charge on any atom is -0.479 e. The van der Waals surface area contributed by atoms with Gasteiger partial charge in [0.15, 0.2) is 6.04 Å². The van der Waals surface area contributed by atoms with Crippen molar-refractivity contribution < 1.29 is 14.8 Å². The van der Waals surface area contributed by atoms with E-state index in [1.165, 1.54) is 17.4 Å². The quantitative estimate of drug-likeness (QED) is 0.648. The lowest BCUT2D eigenvalue weighted by Gasteiger charge is -2.14. The van der Waals surface area contributed by atoms with E-state index in [1.807, 2.05) is 0 Å². The largest absolute Gasteiger partial charge is 0.479 e. The van der Waals surface area contributed by atoms with Gasteiger partial charge >= 0.3 is 5.97 Å². The Morgan fingerprint density at radius 2 is 2.35 bits per heavy atom. The van der Waals surface area contributed by atoms with Crippen LogP contribution in [0.25, 0.3) is 0 Å². The number of carbonyl (C=O) groups is 1. The average molecular weight is 293 g/mol. The predicted octanol–water partition coefficient (Wildman–Crippen LogP) is 2.60. The number of hydrogen-bond donors (Lipinski definition) is 2. The average Bonchev–Trinajstić information content (AvgIpc) is 2.90. The Morgan fingerprint density at radius 3 is 2.85 bits per heavy atom. The van der Waals surface area contributed by atoms with Crippen LogP contribution in [-0.2, 0) is 4.79 Å². The molecule has 1 atom stereocenters. The number of pyridine rings is 1. The first kappa shape index (κ1) is 13.9. The number of hydrogen-bond acceptors (Lipinski definition) is 6. The van der Waals surface area contributed by atoms with E-state index in [0.717, 1.165) is 6.20 Å². The van der Waals surface area contributed by atoms with Crippen molar-refractivity contribution >= 4 is 28.8 Å². The number of nitro groups is 1. The predicted molar refractivity (Wildman–Crippen MR) is 73.9 cm³/mol. The third-order valence-electron chi connectivity index (χ3n) is 2.63. The van der Waals surface area contributed by atoms with Crippen LogP contribution in [0, 0.1) is 17.0 Å². The number of aromatic nitrogens is 1. The zero-order chi connectivity index (χ0) is 14.7. The van der Waals surface area contributed by atoms with Gasteiger partial charge in [-0.1, -0.05) is 6.07 Å². The Labute approximate surface area is 118 Å². The first-order valence-electron chi connectivity index (χ1n) is 5.63. The van der Waals surface area contributed by atoms with E-state index in [1.54, 1.807) is 24.4 Å². The highest BCUT2D eigenvalue weighted by Crippen LogP contribution is 2.26. The molecule has 2 rings (SSSR count). The monoisotopic (exact) mass is 293 g/mol. The summed E-state index contributed by atoms with van der Waals surface area (Å²) in [6.07, 6.45) is 1.10. The Balaban J connectivity index is 2.28. The van der Waals surface area contributed by atoms with Gasteiger partial charge < -0.3 is 10.4 Å². The maximum absolute atomic E-state index is 11.3. The Hall–Kier alpha value is -2.48. The van der Waals surface area contributed by atoms with Crippen molar-refractivity contribution in [1.82, 2.24) is 4.98 Å². The summed E-state index contributed by atoms with van der Waals surface area (Å²) in [5.41, 5.74) is 0.387. The molecule has 0 aliphatic rings. The molecule has 0 radical (unpaired) electrons. The summed E-state index contributed by atoms with van der Waals surface area (Å²) in [4.78, 5) is 25.9. The Morgan fingerprint density at radius 1 is 1.60 bits per heavy atom. The number of rotatable bonds is 5. The minimum atomic E-state index is -1.04. The molecule has 2 aromatic heterocycles. The zero-order valence-electron chi connectivity index (χ0n) is 10.4. The van der Waals surface area contributed by atoms with Gasteiger partial charge in [0.2, 0.25) is 0 Å². The molecule has 2 aromatic rings. The third kappa shape index (κ3) is 2.91. The summed E-state index contributed by atoms with van der Waals surface area (Å²) in [5.74, 6) is -0.719. The van der Waals surface area contributed by atoms with Crippen LogP contribution in [-0.4, -0.2) is 21.0 Å². The standard InChI is InChI=1S/C12H11N3O4S/c1-7-5-8(15(18)19)6-13-11(7)14-10(12(16)17)9-3-2-4-20-9/h2-6,10H,1H3,(H,13,14)(H,16,17). The summed E-state index contributed by atoms with van der Waals surface area (Å²) < 4.78 is 0. The summed E-state index contributed by atoms with van der Waals surface area (Å²) in [5, 5.41) is 24.5. The van der Waals surface area contributed by atoms with Crippen molar-refractivity contribution in [1.29, 1.82) is 0 Å². The van der Waals surface area contributed by atoms with Crippen LogP contribution >= 0.6 is 11.3 Å². The molecule has 0 fully saturated rings. The lowest BCUT2D eigenvalue weighted by atomic mass is 10.2. The van der Waals surface area contributed by atoms with Crippen molar-refractivity contribution in [2.75, 3.05) is 5.32 Å². The maximum Gasteiger partial charge on any atom is 0.331 e. The van der Waals surface area contributed by atoms with Gasteiger partial charge in [0.05, 0.1) is 4.92 Å². The van der Waals surface area contributed by atoms with Crippen LogP contribution in [0.3, 0.4) is 0 Å². The van der Waals surface area contributed by atoms with Crippen molar-refractivity contribution in [2.45, 2.75) is 13.0 Å². The van der Waals surface area contributed by atoms with Crippen LogP contribution in [0.15, 0.2) is 29.8 Å². The zero-order valence-corrected chi connectivity index (χ0v) is 11.3. The van der Waals surface area contributed by atoms with Gasteiger partial charge in [-0.2, -0.15) is 0 Å². The maximum atomic E-state index is 11.3. The molecule has 7 nitrogen and oxygen atoms in total. The molecule has 0 saturated carbocycles. The molecule has 0 aliphatic heterocycles. The molecule has 0 spiro atoms. The molecular weight excluding hydrogens is 282 g/mol. The summed E-state index contributed by atoms with van der Waals surface area (Å²) in [6.45, 7) is 1.63. The molecule has 2 heterocycles. The van der Waals surface area contributed by atoms with Gasteiger partial charge in [-0.05, 0) is 23.9 Å². The molecule has 8 heteroatoms. The number of carboxylic acid groups (broad SMARTS) is 1. The number of aryl methyl sites for hydroxylation is 1. The molecule has 1 unspecified atom stereocenters. The first-order valence-corrected chi connectivity index (χ1v) is 6.51. The second kappa shape index (κ2) is 5.66. The number of nitrogens with zero attached hydrogens (tertiary/aromatic N) is 2. The molecule has 0 amide bonds. The van der Waals surface area contributed by atoms with E-state index in [9.17, 15) is 20.0 Å². The lowest BCUT2D eigenvalue weighted by Crippen LogP contribution is -2.20.